The molecule has 4 nitrogen and oxygen atoms in total. The van der Waals surface area contributed by atoms with E-state index in [2.05, 4.69) is 49.4 Å². The molecular weight excluding hydrogens is 224 g/mol. The van der Waals surface area contributed by atoms with E-state index in [1.807, 2.05) is 11.9 Å². The summed E-state index contributed by atoms with van der Waals surface area (Å²) >= 11 is 0. The first-order valence-corrected chi connectivity index (χ1v) is 6.42. The summed E-state index contributed by atoms with van der Waals surface area (Å²) in [7, 11) is 1.97. The Morgan fingerprint density at radius 1 is 1.39 bits per heavy atom. The number of unbranched alkanes of at least 4 members (excludes halogenated alkanes) is 1. The molecule has 4 heteroatoms. The highest BCUT2D eigenvalue weighted by molar-refractivity contribution is 5.95. The van der Waals surface area contributed by atoms with Crippen LogP contribution >= 0.6 is 0 Å². The highest BCUT2D eigenvalue weighted by Gasteiger charge is 2.09. The summed E-state index contributed by atoms with van der Waals surface area (Å²) in [5.41, 5.74) is 6.27. The summed E-state index contributed by atoms with van der Waals surface area (Å²) in [4.78, 5) is 6.47. The third kappa shape index (κ3) is 3.74. The molecule has 0 saturated heterocycles. The molecule has 1 aromatic rings. The molecule has 0 heterocycles. The van der Waals surface area contributed by atoms with Gasteiger partial charge in [0.2, 0.25) is 5.96 Å². The number of nitrogens with one attached hydrogen (secondary N) is 1. The first-order valence-electron chi connectivity index (χ1n) is 6.42. The van der Waals surface area contributed by atoms with Gasteiger partial charge in [0.15, 0.2) is 0 Å². The molecule has 0 unspecified atom stereocenters. The maximum Gasteiger partial charge on any atom is 0.212 e. The van der Waals surface area contributed by atoms with Crippen molar-refractivity contribution in [1.29, 1.82) is 0 Å². The third-order valence-corrected chi connectivity index (χ3v) is 2.93. The van der Waals surface area contributed by atoms with Crippen molar-refractivity contribution in [2.24, 2.45) is 10.8 Å². The monoisotopic (exact) mass is 248 g/mol. The van der Waals surface area contributed by atoms with Crippen LogP contribution in [-0.2, 0) is 0 Å². The first kappa shape index (κ1) is 14.5. The van der Waals surface area contributed by atoms with Crippen LogP contribution in [0.25, 0.3) is 0 Å². The van der Waals surface area contributed by atoms with Crippen LogP contribution in [0.15, 0.2) is 23.2 Å². The van der Waals surface area contributed by atoms with Gasteiger partial charge in [-0.25, -0.2) is 5.84 Å². The van der Waals surface area contributed by atoms with Gasteiger partial charge in [-0.1, -0.05) is 31.0 Å². The number of nitrogens with zero attached hydrogens (tertiary/aromatic N) is 2. The van der Waals surface area contributed by atoms with Gasteiger partial charge in [-0.2, -0.15) is 0 Å². The summed E-state index contributed by atoms with van der Waals surface area (Å²) in [5.74, 6) is 6.25. The Morgan fingerprint density at radius 2 is 2.11 bits per heavy atom. The number of rotatable bonds is 4. The van der Waals surface area contributed by atoms with Crippen LogP contribution in [0.5, 0.6) is 0 Å². The van der Waals surface area contributed by atoms with Crippen LogP contribution in [0.4, 0.5) is 5.69 Å². The fourth-order valence-corrected chi connectivity index (χ4v) is 1.89. The number of hydrazine groups is 1. The summed E-state index contributed by atoms with van der Waals surface area (Å²) in [6, 6.07) is 6.35. The molecule has 0 saturated carbocycles. The number of anilines is 1. The number of hydrogen-bond donors (Lipinski definition) is 2. The Hall–Kier alpha value is -1.55. The maximum atomic E-state index is 5.55. The summed E-state index contributed by atoms with van der Waals surface area (Å²) in [5, 5.41) is 0. The molecule has 0 amide bonds. The second kappa shape index (κ2) is 7.01. The van der Waals surface area contributed by atoms with E-state index in [0.29, 0.717) is 5.96 Å². The molecule has 0 spiro atoms. The Morgan fingerprint density at radius 3 is 2.67 bits per heavy atom. The van der Waals surface area contributed by atoms with E-state index in [4.69, 9.17) is 5.84 Å². The molecule has 100 valence electrons. The Labute approximate surface area is 110 Å². The fraction of sp³-hybridized carbons (Fsp3) is 0.500. The van der Waals surface area contributed by atoms with E-state index >= 15 is 0 Å². The van der Waals surface area contributed by atoms with Crippen LogP contribution in [0, 0.1) is 13.8 Å². The van der Waals surface area contributed by atoms with E-state index in [1.54, 1.807) is 0 Å². The van der Waals surface area contributed by atoms with E-state index in [-0.39, 0.29) is 0 Å². The predicted molar refractivity (Wildman–Crippen MR) is 78.9 cm³/mol. The Balaban J connectivity index is 2.89. The molecule has 1 rings (SSSR count). The summed E-state index contributed by atoms with van der Waals surface area (Å²) in [6.07, 6.45) is 2.21. The molecule has 0 aliphatic carbocycles. The molecule has 0 fully saturated rings. The SMILES string of the molecule is CCCCN=C(NN)N(C)c1ccc(C)cc1C. The molecule has 0 aromatic heterocycles. The predicted octanol–water partition coefficient (Wildman–Crippen LogP) is 2.36. The van der Waals surface area contributed by atoms with Gasteiger partial charge in [0.05, 0.1) is 0 Å². The van der Waals surface area contributed by atoms with Crippen LogP contribution < -0.4 is 16.2 Å². The van der Waals surface area contributed by atoms with Crippen molar-refractivity contribution in [2.75, 3.05) is 18.5 Å². The van der Waals surface area contributed by atoms with Crippen LogP contribution in [0.2, 0.25) is 0 Å². The van der Waals surface area contributed by atoms with Crippen molar-refractivity contribution < 1.29 is 0 Å². The molecule has 0 atom stereocenters. The molecule has 0 bridgehead atoms. The second-order valence-corrected chi connectivity index (χ2v) is 4.55. The molecule has 0 radical (unpaired) electrons. The largest absolute Gasteiger partial charge is 0.314 e. The number of benzene rings is 1. The van der Waals surface area contributed by atoms with Crippen molar-refractivity contribution in [1.82, 2.24) is 5.43 Å². The molecule has 1 aromatic carbocycles. The van der Waals surface area contributed by atoms with Crippen molar-refractivity contribution in [2.45, 2.75) is 33.6 Å². The minimum absolute atomic E-state index is 0.704. The van der Waals surface area contributed by atoms with Gasteiger partial charge in [0.25, 0.3) is 0 Å². The van der Waals surface area contributed by atoms with E-state index in [1.165, 1.54) is 11.1 Å². The topological polar surface area (TPSA) is 53.6 Å². The minimum atomic E-state index is 0.704. The Kier molecular flexibility index (Phi) is 5.65. The Bertz CT molecular complexity index is 412. The van der Waals surface area contributed by atoms with Gasteiger partial charge in [0.1, 0.15) is 0 Å². The quantitative estimate of drug-likeness (QED) is 0.283. The molecule has 18 heavy (non-hydrogen) atoms. The zero-order valence-electron chi connectivity index (χ0n) is 11.8. The van der Waals surface area contributed by atoms with Crippen LogP contribution in [0.3, 0.4) is 0 Å². The van der Waals surface area contributed by atoms with Gasteiger partial charge in [-0.15, -0.1) is 0 Å². The third-order valence-electron chi connectivity index (χ3n) is 2.93. The minimum Gasteiger partial charge on any atom is -0.314 e. The highest BCUT2D eigenvalue weighted by Crippen LogP contribution is 2.19. The smallest absolute Gasteiger partial charge is 0.212 e. The van der Waals surface area contributed by atoms with Crippen molar-refractivity contribution >= 4 is 11.6 Å². The summed E-state index contributed by atoms with van der Waals surface area (Å²) in [6.45, 7) is 7.14. The van der Waals surface area contributed by atoms with Crippen molar-refractivity contribution in [3.8, 4) is 0 Å². The lowest BCUT2D eigenvalue weighted by atomic mass is 10.1. The van der Waals surface area contributed by atoms with Crippen LogP contribution in [-0.4, -0.2) is 19.6 Å². The lowest BCUT2D eigenvalue weighted by Gasteiger charge is -2.22. The van der Waals surface area contributed by atoms with Gasteiger partial charge in [-0.05, 0) is 31.9 Å². The first-order chi connectivity index (χ1) is 8.60. The number of nitrogens with two attached hydrogens (primary N) is 1. The van der Waals surface area contributed by atoms with E-state index in [0.717, 1.165) is 25.1 Å². The van der Waals surface area contributed by atoms with E-state index in [9.17, 15) is 0 Å². The molecule has 0 aliphatic rings. The average Bonchev–Trinajstić information content (AvgIpc) is 2.34. The fourth-order valence-electron chi connectivity index (χ4n) is 1.89. The van der Waals surface area contributed by atoms with Crippen molar-refractivity contribution in [3.05, 3.63) is 29.3 Å². The molecule has 0 aliphatic heterocycles. The zero-order chi connectivity index (χ0) is 13.5. The highest BCUT2D eigenvalue weighted by atomic mass is 15.4. The number of aliphatic imine (C=N–C) groups is 1. The van der Waals surface area contributed by atoms with Crippen LogP contribution in [0.1, 0.15) is 30.9 Å². The maximum absolute atomic E-state index is 5.55. The van der Waals surface area contributed by atoms with Gasteiger partial charge in [0, 0.05) is 19.3 Å². The van der Waals surface area contributed by atoms with Gasteiger partial charge >= 0.3 is 0 Å². The van der Waals surface area contributed by atoms with Crippen molar-refractivity contribution in [3.63, 3.8) is 0 Å². The number of aryl methyl sites for hydroxylation is 2. The second-order valence-electron chi connectivity index (χ2n) is 4.55. The normalized spacial score (nSPS) is 11.5. The summed E-state index contributed by atoms with van der Waals surface area (Å²) < 4.78 is 0. The van der Waals surface area contributed by atoms with E-state index < -0.39 is 0 Å². The number of guanidine groups is 1. The zero-order valence-corrected chi connectivity index (χ0v) is 11.8. The van der Waals surface area contributed by atoms with Gasteiger partial charge in [-0.3, -0.25) is 10.4 Å². The number of hydrogen-bond acceptors (Lipinski definition) is 2. The molecule has 3 N–H and O–H groups in total. The lowest BCUT2D eigenvalue weighted by molar-refractivity contribution is 0.797. The lowest BCUT2D eigenvalue weighted by Crippen LogP contribution is -2.43. The standard InChI is InChI=1S/C14H24N4/c1-5-6-9-16-14(17-15)18(4)13-8-7-11(2)10-12(13)3/h7-8,10H,5-6,9,15H2,1-4H3,(H,16,17). The van der Waals surface area contributed by atoms with Gasteiger partial charge < -0.3 is 4.90 Å². The molecular formula is C14H24N4. The average molecular weight is 248 g/mol.